The molecule has 140 valence electrons. The lowest BCUT2D eigenvalue weighted by Crippen LogP contribution is -2.31. The van der Waals surface area contributed by atoms with Crippen molar-refractivity contribution in [3.05, 3.63) is 28.3 Å². The molecule has 0 aliphatic carbocycles. The van der Waals surface area contributed by atoms with E-state index in [1.165, 1.54) is 0 Å². The molecule has 1 heterocycles. The smallest absolute Gasteiger partial charge is 0.375 e. The molecule has 1 aromatic carbocycles. The standard InChI is InChI=1S/C14H18F3N3O4S/c1-9(2)19-6-5-10(8-19)18-12-4-3-11(7-13(12)20(21)22)25(23,24)14(15,16)17/h3-4,7,9-10,18H,5-6,8H2,1-2H3. The molecule has 0 bridgehead atoms. The number of hydrogen-bond acceptors (Lipinski definition) is 6. The average molecular weight is 381 g/mol. The Morgan fingerprint density at radius 2 is 2.00 bits per heavy atom. The maximum atomic E-state index is 12.6. The Hall–Kier alpha value is -1.88. The van der Waals surface area contributed by atoms with Gasteiger partial charge in [0.1, 0.15) is 5.69 Å². The van der Waals surface area contributed by atoms with Crippen molar-refractivity contribution in [1.29, 1.82) is 0 Å². The van der Waals surface area contributed by atoms with Gasteiger partial charge in [-0.3, -0.25) is 15.0 Å². The Morgan fingerprint density at radius 1 is 1.36 bits per heavy atom. The fraction of sp³-hybridized carbons (Fsp3) is 0.571. The molecule has 1 atom stereocenters. The summed E-state index contributed by atoms with van der Waals surface area (Å²) in [6.45, 7) is 5.46. The SMILES string of the molecule is CC(C)N1CCC(Nc2ccc(S(=O)(=O)C(F)(F)F)cc2[N+](=O)[O-])C1. The van der Waals surface area contributed by atoms with Crippen molar-refractivity contribution in [1.82, 2.24) is 4.90 Å². The van der Waals surface area contributed by atoms with Crippen molar-refractivity contribution in [2.75, 3.05) is 18.4 Å². The molecule has 1 aliphatic rings. The second-order valence-electron chi connectivity index (χ2n) is 6.10. The molecule has 1 aromatic rings. The highest BCUT2D eigenvalue weighted by molar-refractivity contribution is 7.92. The largest absolute Gasteiger partial charge is 0.501 e. The summed E-state index contributed by atoms with van der Waals surface area (Å²) in [7, 11) is -5.64. The van der Waals surface area contributed by atoms with E-state index >= 15 is 0 Å². The molecule has 11 heteroatoms. The molecule has 2 rings (SSSR count). The number of anilines is 1. The lowest BCUT2D eigenvalue weighted by molar-refractivity contribution is -0.384. The van der Waals surface area contributed by atoms with E-state index < -0.39 is 30.9 Å². The first-order valence-corrected chi connectivity index (χ1v) is 9.02. The number of benzene rings is 1. The van der Waals surface area contributed by atoms with Crippen molar-refractivity contribution >= 4 is 21.2 Å². The summed E-state index contributed by atoms with van der Waals surface area (Å²) in [6, 6.07) is 2.38. The predicted octanol–water partition coefficient (Wildman–Crippen LogP) is 2.78. The summed E-state index contributed by atoms with van der Waals surface area (Å²) in [4.78, 5) is 11.3. The minimum atomic E-state index is -5.64. The van der Waals surface area contributed by atoms with E-state index in [4.69, 9.17) is 0 Å². The number of alkyl halides is 3. The summed E-state index contributed by atoms with van der Waals surface area (Å²) < 4.78 is 60.7. The Balaban J connectivity index is 2.31. The van der Waals surface area contributed by atoms with Crippen molar-refractivity contribution in [3.8, 4) is 0 Å². The van der Waals surface area contributed by atoms with Gasteiger partial charge >= 0.3 is 5.51 Å². The van der Waals surface area contributed by atoms with E-state index in [0.717, 1.165) is 25.1 Å². The van der Waals surface area contributed by atoms with Gasteiger partial charge in [-0.05, 0) is 32.4 Å². The number of halogens is 3. The lowest BCUT2D eigenvalue weighted by atomic mass is 10.2. The molecule has 0 amide bonds. The fourth-order valence-electron chi connectivity index (χ4n) is 2.68. The number of hydrogen-bond donors (Lipinski definition) is 1. The molecule has 0 aromatic heterocycles. The van der Waals surface area contributed by atoms with Crippen molar-refractivity contribution in [3.63, 3.8) is 0 Å². The van der Waals surface area contributed by atoms with E-state index in [-0.39, 0.29) is 11.7 Å². The minimum absolute atomic E-state index is 0.00160. The maximum absolute atomic E-state index is 12.6. The molecule has 1 unspecified atom stereocenters. The number of sulfone groups is 1. The van der Waals surface area contributed by atoms with Crippen LogP contribution in [-0.2, 0) is 9.84 Å². The number of nitro benzene ring substituents is 1. The first kappa shape index (κ1) is 19.4. The Kier molecular flexibility index (Phi) is 5.28. The van der Waals surface area contributed by atoms with Gasteiger partial charge in [-0.25, -0.2) is 8.42 Å². The van der Waals surface area contributed by atoms with Crippen LogP contribution in [0.3, 0.4) is 0 Å². The maximum Gasteiger partial charge on any atom is 0.501 e. The Morgan fingerprint density at radius 3 is 2.48 bits per heavy atom. The highest BCUT2D eigenvalue weighted by Crippen LogP contribution is 2.35. The zero-order chi connectivity index (χ0) is 19.0. The monoisotopic (exact) mass is 381 g/mol. The van der Waals surface area contributed by atoms with Crippen molar-refractivity contribution in [2.45, 2.75) is 42.8 Å². The summed E-state index contributed by atoms with van der Waals surface area (Å²) in [5.41, 5.74) is -6.21. The zero-order valence-electron chi connectivity index (χ0n) is 13.6. The van der Waals surface area contributed by atoms with Gasteiger partial charge in [-0.15, -0.1) is 0 Å². The average Bonchev–Trinajstić information content (AvgIpc) is 2.94. The summed E-state index contributed by atoms with van der Waals surface area (Å²) in [5.74, 6) is 0. The number of nitrogens with zero attached hydrogens (tertiary/aromatic N) is 2. The zero-order valence-corrected chi connectivity index (χ0v) is 14.4. The van der Waals surface area contributed by atoms with Crippen LogP contribution in [0.4, 0.5) is 24.5 Å². The van der Waals surface area contributed by atoms with E-state index in [1.54, 1.807) is 0 Å². The van der Waals surface area contributed by atoms with Crippen molar-refractivity contribution < 1.29 is 26.5 Å². The number of likely N-dealkylation sites (tertiary alicyclic amines) is 1. The summed E-state index contributed by atoms with van der Waals surface area (Å²) in [5, 5.41) is 14.1. The minimum Gasteiger partial charge on any atom is -0.375 e. The van der Waals surface area contributed by atoms with Crippen LogP contribution in [0.5, 0.6) is 0 Å². The lowest BCUT2D eigenvalue weighted by Gasteiger charge is -2.21. The number of nitro groups is 1. The molecule has 1 saturated heterocycles. The first-order valence-electron chi connectivity index (χ1n) is 7.54. The van der Waals surface area contributed by atoms with Crippen LogP contribution in [-0.4, -0.2) is 48.9 Å². The van der Waals surface area contributed by atoms with Crippen LogP contribution in [0.15, 0.2) is 23.1 Å². The molecular weight excluding hydrogens is 363 g/mol. The third kappa shape index (κ3) is 4.03. The fourth-order valence-corrected chi connectivity index (χ4v) is 3.46. The molecule has 1 aliphatic heterocycles. The summed E-state index contributed by atoms with van der Waals surface area (Å²) >= 11 is 0. The molecule has 1 fully saturated rings. The van der Waals surface area contributed by atoms with Gasteiger partial charge in [0, 0.05) is 31.2 Å². The van der Waals surface area contributed by atoms with Crippen LogP contribution in [0.1, 0.15) is 20.3 Å². The highest BCUT2D eigenvalue weighted by Gasteiger charge is 2.47. The molecule has 1 N–H and O–H groups in total. The van der Waals surface area contributed by atoms with Gasteiger partial charge in [0.2, 0.25) is 0 Å². The van der Waals surface area contributed by atoms with Gasteiger partial charge in [-0.1, -0.05) is 0 Å². The second-order valence-corrected chi connectivity index (χ2v) is 8.05. The van der Waals surface area contributed by atoms with Gasteiger partial charge < -0.3 is 5.32 Å². The molecular formula is C14H18F3N3O4S. The van der Waals surface area contributed by atoms with Crippen LogP contribution >= 0.6 is 0 Å². The van der Waals surface area contributed by atoms with Crippen molar-refractivity contribution in [2.24, 2.45) is 0 Å². The first-order chi connectivity index (χ1) is 11.4. The third-order valence-electron chi connectivity index (χ3n) is 4.09. The molecule has 25 heavy (non-hydrogen) atoms. The third-order valence-corrected chi connectivity index (χ3v) is 5.57. The van der Waals surface area contributed by atoms with Crippen LogP contribution in [0.2, 0.25) is 0 Å². The number of rotatable bonds is 5. The molecule has 7 nitrogen and oxygen atoms in total. The second kappa shape index (κ2) is 6.79. The van der Waals surface area contributed by atoms with Gasteiger partial charge in [0.15, 0.2) is 0 Å². The topological polar surface area (TPSA) is 92.6 Å². The van der Waals surface area contributed by atoms with Crippen LogP contribution in [0.25, 0.3) is 0 Å². The molecule has 0 saturated carbocycles. The van der Waals surface area contributed by atoms with Gasteiger partial charge in [0.05, 0.1) is 9.82 Å². The molecule has 0 spiro atoms. The van der Waals surface area contributed by atoms with E-state index in [9.17, 15) is 31.7 Å². The quantitative estimate of drug-likeness (QED) is 0.623. The Labute approximate surface area is 142 Å². The van der Waals surface area contributed by atoms with Gasteiger partial charge in [0.25, 0.3) is 15.5 Å². The van der Waals surface area contributed by atoms with Gasteiger partial charge in [-0.2, -0.15) is 13.2 Å². The van der Waals surface area contributed by atoms with Crippen LogP contribution < -0.4 is 5.32 Å². The number of nitrogens with one attached hydrogen (secondary N) is 1. The van der Waals surface area contributed by atoms with Crippen LogP contribution in [0, 0.1) is 10.1 Å². The molecule has 0 radical (unpaired) electrons. The van der Waals surface area contributed by atoms with E-state index in [1.807, 2.05) is 13.8 Å². The Bertz CT molecular complexity index is 765. The predicted molar refractivity (Wildman–Crippen MR) is 85.1 cm³/mol. The summed E-state index contributed by atoms with van der Waals surface area (Å²) in [6.07, 6.45) is 0.720. The van der Waals surface area contributed by atoms with E-state index in [2.05, 4.69) is 10.2 Å². The highest BCUT2D eigenvalue weighted by atomic mass is 32.2. The normalized spacial score (nSPS) is 19.4. The van der Waals surface area contributed by atoms with E-state index in [0.29, 0.717) is 18.7 Å².